The third kappa shape index (κ3) is 5.60. The van der Waals surface area contributed by atoms with E-state index in [4.69, 9.17) is 4.74 Å². The van der Waals surface area contributed by atoms with Gasteiger partial charge in [-0.3, -0.25) is 0 Å². The molecule has 3 rings (SSSR count). The fraction of sp³-hybridized carbons (Fsp3) is 0.696. The zero-order chi connectivity index (χ0) is 21.3. The molecule has 170 valence electrons. The number of hydrogen-bond donors (Lipinski definition) is 1. The summed E-state index contributed by atoms with van der Waals surface area (Å²) in [7, 11) is 4.36. The van der Waals surface area contributed by atoms with Gasteiger partial charge in [-0.25, -0.2) is 13.6 Å². The number of carbonyl (C=O) groups excluding carboxylic acids is 1. The average molecular weight is 490 g/mol. The van der Waals surface area contributed by atoms with Crippen molar-refractivity contribution in [3.05, 3.63) is 35.4 Å². The van der Waals surface area contributed by atoms with Crippen molar-refractivity contribution in [3.8, 4) is 0 Å². The first-order valence-electron chi connectivity index (χ1n) is 10.7. The van der Waals surface area contributed by atoms with Gasteiger partial charge in [-0.1, -0.05) is 31.2 Å². The van der Waals surface area contributed by atoms with Crippen LogP contribution in [-0.4, -0.2) is 55.3 Å². The van der Waals surface area contributed by atoms with Gasteiger partial charge in [-0.15, -0.1) is 0 Å². The van der Waals surface area contributed by atoms with Gasteiger partial charge in [0, 0.05) is 37.5 Å². The highest BCUT2D eigenvalue weighted by atomic mass is 79.9. The molecule has 1 aliphatic heterocycles. The van der Waals surface area contributed by atoms with E-state index in [0.717, 1.165) is 42.4 Å². The zero-order valence-corrected chi connectivity index (χ0v) is 19.8. The molecular weight excluding hydrogens is 456 g/mol. The molecule has 0 aromatic heterocycles. The number of halogens is 3. The summed E-state index contributed by atoms with van der Waals surface area (Å²) in [6.45, 7) is 4.27. The summed E-state index contributed by atoms with van der Waals surface area (Å²) in [5.41, 5.74) is -0.621. The second-order valence-electron chi connectivity index (χ2n) is 9.54. The Kier molecular flexibility index (Phi) is 8.08. The second kappa shape index (κ2) is 9.61. The number of nitrogens with zero attached hydrogens (tertiary/aromatic N) is 1. The van der Waals surface area contributed by atoms with E-state index >= 15 is 0 Å². The molecule has 30 heavy (non-hydrogen) atoms. The number of aryl methyl sites for hydroxylation is 1. The number of likely N-dealkylation sites (tertiary alicyclic amines) is 1. The van der Waals surface area contributed by atoms with Crippen molar-refractivity contribution < 1.29 is 44.9 Å². The van der Waals surface area contributed by atoms with Crippen LogP contribution in [0.4, 0.5) is 8.78 Å². The largest absolute Gasteiger partial charge is 1.00 e. The van der Waals surface area contributed by atoms with Crippen molar-refractivity contribution in [3.63, 3.8) is 0 Å². The molecule has 1 aliphatic carbocycles. The Morgan fingerprint density at radius 1 is 1.20 bits per heavy atom. The van der Waals surface area contributed by atoms with Crippen LogP contribution in [0.25, 0.3) is 0 Å². The first-order valence-corrected chi connectivity index (χ1v) is 10.7. The van der Waals surface area contributed by atoms with Gasteiger partial charge in [0.1, 0.15) is 0 Å². The van der Waals surface area contributed by atoms with E-state index in [1.807, 2.05) is 19.1 Å². The van der Waals surface area contributed by atoms with E-state index in [2.05, 4.69) is 14.1 Å². The molecule has 2 aliphatic rings. The van der Waals surface area contributed by atoms with Gasteiger partial charge >= 0.3 is 5.97 Å². The highest BCUT2D eigenvalue weighted by molar-refractivity contribution is 5.81. The summed E-state index contributed by atoms with van der Waals surface area (Å²) in [5.74, 6) is -4.24. The molecule has 4 nitrogen and oxygen atoms in total. The molecule has 1 saturated heterocycles. The predicted octanol–water partition coefficient (Wildman–Crippen LogP) is 0.906. The molecular formula is C23H34BrF2NO3. The van der Waals surface area contributed by atoms with Crippen molar-refractivity contribution in [2.24, 2.45) is 11.8 Å². The van der Waals surface area contributed by atoms with Crippen molar-refractivity contribution >= 4 is 5.97 Å². The van der Waals surface area contributed by atoms with E-state index in [9.17, 15) is 18.7 Å². The van der Waals surface area contributed by atoms with Gasteiger partial charge in [0.25, 0.3) is 0 Å². The van der Waals surface area contributed by atoms with E-state index in [1.54, 1.807) is 12.1 Å². The number of carbonyl (C=O) groups is 1. The lowest BCUT2D eigenvalue weighted by Crippen LogP contribution is -3.00. The number of alkyl halides is 2. The molecule has 7 heteroatoms. The smallest absolute Gasteiger partial charge is 0.343 e. The Bertz CT molecular complexity index is 716. The van der Waals surface area contributed by atoms with Gasteiger partial charge < -0.3 is 31.3 Å². The standard InChI is InChI=1S/C23H34F2NO3.BrH/c1-4-17-5-7-19(8-6-17)23(28,20-9-12-22(24,25)15-20)21(27)29-16-18-10-13-26(2,3)14-11-18;/h5-8,18,20,28H,4,9-16H2,1-3H3;1H/q+1;/p-1/t20-,23+;/m1./s1. The lowest BCUT2D eigenvalue weighted by molar-refractivity contribution is -0.896. The van der Waals surface area contributed by atoms with Crippen molar-refractivity contribution in [1.82, 2.24) is 0 Å². The topological polar surface area (TPSA) is 46.5 Å². The molecule has 1 aromatic carbocycles. The second-order valence-corrected chi connectivity index (χ2v) is 9.54. The number of ether oxygens (including phenoxy) is 1. The molecule has 1 heterocycles. The molecule has 0 bridgehead atoms. The summed E-state index contributed by atoms with van der Waals surface area (Å²) in [6, 6.07) is 7.03. The van der Waals surface area contributed by atoms with Crippen LogP contribution in [0, 0.1) is 11.8 Å². The van der Waals surface area contributed by atoms with Crippen LogP contribution in [0.3, 0.4) is 0 Å². The quantitative estimate of drug-likeness (QED) is 0.477. The van der Waals surface area contributed by atoms with Crippen LogP contribution < -0.4 is 17.0 Å². The molecule has 0 amide bonds. The van der Waals surface area contributed by atoms with Gasteiger partial charge in [-0.2, -0.15) is 0 Å². The number of aliphatic hydroxyl groups is 1. The van der Waals surface area contributed by atoms with Gasteiger partial charge in [-0.05, 0) is 24.0 Å². The number of benzene rings is 1. The predicted molar refractivity (Wildman–Crippen MR) is 108 cm³/mol. The minimum absolute atomic E-state index is 0. The van der Waals surface area contributed by atoms with Crippen LogP contribution in [0.1, 0.15) is 50.2 Å². The first kappa shape index (κ1) is 25.2. The summed E-state index contributed by atoms with van der Waals surface area (Å²) in [6.07, 6.45) is 2.01. The van der Waals surface area contributed by atoms with Crippen LogP contribution in [-0.2, 0) is 21.6 Å². The molecule has 1 N–H and O–H groups in total. The van der Waals surface area contributed by atoms with Crippen LogP contribution in [0.2, 0.25) is 0 Å². The molecule has 2 fully saturated rings. The summed E-state index contributed by atoms with van der Waals surface area (Å²) >= 11 is 0. The van der Waals surface area contributed by atoms with Crippen molar-refractivity contribution in [1.29, 1.82) is 0 Å². The maximum atomic E-state index is 13.9. The zero-order valence-electron chi connectivity index (χ0n) is 18.2. The monoisotopic (exact) mass is 489 g/mol. The van der Waals surface area contributed by atoms with E-state index in [-0.39, 0.29) is 42.3 Å². The lowest BCUT2D eigenvalue weighted by Gasteiger charge is -2.37. The number of hydrogen-bond acceptors (Lipinski definition) is 3. The van der Waals surface area contributed by atoms with E-state index in [0.29, 0.717) is 5.56 Å². The maximum absolute atomic E-state index is 13.9. The molecule has 1 saturated carbocycles. The third-order valence-electron chi connectivity index (χ3n) is 6.84. The number of quaternary nitrogens is 1. The number of esters is 1. The summed E-state index contributed by atoms with van der Waals surface area (Å²) in [4.78, 5) is 13.1. The van der Waals surface area contributed by atoms with Crippen LogP contribution in [0.5, 0.6) is 0 Å². The molecule has 2 atom stereocenters. The molecule has 1 aromatic rings. The Morgan fingerprint density at radius 2 is 1.80 bits per heavy atom. The Balaban J connectivity index is 0.00000320. The van der Waals surface area contributed by atoms with Crippen LogP contribution >= 0.6 is 0 Å². The fourth-order valence-corrected chi connectivity index (χ4v) is 4.61. The van der Waals surface area contributed by atoms with E-state index in [1.165, 1.54) is 0 Å². The highest BCUT2D eigenvalue weighted by Gasteiger charge is 2.54. The maximum Gasteiger partial charge on any atom is 0.343 e. The van der Waals surface area contributed by atoms with Crippen LogP contribution in [0.15, 0.2) is 24.3 Å². The third-order valence-corrected chi connectivity index (χ3v) is 6.84. The van der Waals surface area contributed by atoms with E-state index < -0.39 is 29.8 Å². The minimum atomic E-state index is -2.85. The molecule has 0 radical (unpaired) electrons. The van der Waals surface area contributed by atoms with Gasteiger partial charge in [0.05, 0.1) is 33.8 Å². The summed E-state index contributed by atoms with van der Waals surface area (Å²) in [5, 5.41) is 11.4. The number of piperidine rings is 1. The Hall–Kier alpha value is -1.05. The molecule has 0 unspecified atom stereocenters. The lowest BCUT2D eigenvalue weighted by atomic mass is 9.79. The van der Waals surface area contributed by atoms with Gasteiger partial charge in [0.2, 0.25) is 5.92 Å². The van der Waals surface area contributed by atoms with Gasteiger partial charge in [0.15, 0.2) is 5.60 Å². The average Bonchev–Trinajstić information content (AvgIpc) is 3.06. The van der Waals surface area contributed by atoms with Crippen molar-refractivity contribution in [2.75, 3.05) is 33.8 Å². The highest BCUT2D eigenvalue weighted by Crippen LogP contribution is 2.48. The first-order chi connectivity index (χ1) is 13.6. The fourth-order valence-electron chi connectivity index (χ4n) is 4.61. The minimum Gasteiger partial charge on any atom is -1.00 e. The van der Waals surface area contributed by atoms with Crippen molar-refractivity contribution in [2.45, 2.75) is 57.0 Å². The summed E-state index contributed by atoms with van der Waals surface area (Å²) < 4.78 is 34.3. The Labute approximate surface area is 189 Å². The number of rotatable bonds is 6. The Morgan fingerprint density at radius 3 is 2.30 bits per heavy atom. The normalized spacial score (nSPS) is 25.2. The molecule has 0 spiro atoms. The SMILES string of the molecule is CCc1ccc([C@@](O)(C(=O)OCC2CC[N+](C)(C)CC2)[C@@H]2CCC(F)(F)C2)cc1.[Br-].